The zero-order valence-corrected chi connectivity index (χ0v) is 13.5. The molecule has 5 nitrogen and oxygen atoms in total. The van der Waals surface area contributed by atoms with Gasteiger partial charge in [0.2, 0.25) is 0 Å². The molecule has 114 valence electrons. The van der Waals surface area contributed by atoms with E-state index in [1.54, 1.807) is 11.0 Å². The molecule has 21 heavy (non-hydrogen) atoms. The Morgan fingerprint density at radius 2 is 2.10 bits per heavy atom. The number of benzene rings is 1. The Labute approximate surface area is 132 Å². The molecule has 2 N–H and O–H groups in total. The molecule has 0 saturated heterocycles. The van der Waals surface area contributed by atoms with Gasteiger partial charge in [-0.3, -0.25) is 0 Å². The van der Waals surface area contributed by atoms with Gasteiger partial charge in [-0.25, -0.2) is 9.59 Å². The van der Waals surface area contributed by atoms with Crippen molar-refractivity contribution in [3.63, 3.8) is 0 Å². The van der Waals surface area contributed by atoms with Crippen LogP contribution in [0, 0.1) is 5.92 Å². The summed E-state index contributed by atoms with van der Waals surface area (Å²) in [6, 6.07) is 4.48. The predicted octanol–water partition coefficient (Wildman–Crippen LogP) is 3.80. The molecule has 1 aromatic carbocycles. The molecule has 0 aliphatic heterocycles. The second-order valence-electron chi connectivity index (χ2n) is 5.30. The molecular formula is C15H19BrN2O3. The van der Waals surface area contributed by atoms with Gasteiger partial charge < -0.3 is 15.3 Å². The molecule has 1 aliphatic carbocycles. The molecule has 6 heteroatoms. The van der Waals surface area contributed by atoms with Gasteiger partial charge in [-0.15, -0.1) is 0 Å². The summed E-state index contributed by atoms with van der Waals surface area (Å²) in [4.78, 5) is 25.1. The number of halogens is 1. The Hall–Kier alpha value is -1.56. The van der Waals surface area contributed by atoms with Gasteiger partial charge in [0.25, 0.3) is 0 Å². The summed E-state index contributed by atoms with van der Waals surface area (Å²) < 4.78 is 0.625. The lowest BCUT2D eigenvalue weighted by atomic mass is 9.85. The molecule has 0 spiro atoms. The van der Waals surface area contributed by atoms with Crippen molar-refractivity contribution in [2.24, 2.45) is 5.92 Å². The van der Waals surface area contributed by atoms with Crippen LogP contribution in [0.25, 0.3) is 0 Å². The molecule has 1 aliphatic rings. The van der Waals surface area contributed by atoms with Crippen LogP contribution in [0.3, 0.4) is 0 Å². The number of nitrogens with one attached hydrogen (secondary N) is 1. The van der Waals surface area contributed by atoms with Gasteiger partial charge in [0.05, 0.1) is 5.56 Å². The fourth-order valence-corrected chi connectivity index (χ4v) is 2.82. The molecule has 0 bridgehead atoms. The maximum Gasteiger partial charge on any atom is 0.335 e. The number of urea groups is 1. The lowest BCUT2D eigenvalue weighted by Gasteiger charge is -2.31. The van der Waals surface area contributed by atoms with Crippen LogP contribution in [0.4, 0.5) is 10.5 Å². The third-order valence-corrected chi connectivity index (χ3v) is 4.23. The molecule has 1 fully saturated rings. The van der Waals surface area contributed by atoms with E-state index in [0.717, 1.165) is 6.54 Å². The van der Waals surface area contributed by atoms with Crippen LogP contribution in [-0.4, -0.2) is 35.1 Å². The van der Waals surface area contributed by atoms with Crippen LogP contribution in [0.15, 0.2) is 22.7 Å². The number of carboxylic acid groups (broad SMARTS) is 1. The zero-order valence-electron chi connectivity index (χ0n) is 11.9. The number of aromatic carboxylic acids is 1. The summed E-state index contributed by atoms with van der Waals surface area (Å²) in [5.41, 5.74) is 0.626. The van der Waals surface area contributed by atoms with Crippen molar-refractivity contribution in [2.75, 3.05) is 18.4 Å². The minimum Gasteiger partial charge on any atom is -0.478 e. The van der Waals surface area contributed by atoms with E-state index in [4.69, 9.17) is 5.11 Å². The zero-order chi connectivity index (χ0) is 15.4. The minimum absolute atomic E-state index is 0.140. The standard InChI is InChI=1S/C15H19BrN2O3/c1-2-18(9-10-4-3-5-10)15(21)17-13-7-11(14(19)20)6-12(16)8-13/h6-8,10H,2-5,9H2,1H3,(H,17,21)(H,19,20). The number of carboxylic acids is 1. The average Bonchev–Trinajstić information content (AvgIpc) is 2.36. The van der Waals surface area contributed by atoms with E-state index < -0.39 is 5.97 Å². The van der Waals surface area contributed by atoms with Crippen molar-refractivity contribution < 1.29 is 14.7 Å². The Morgan fingerprint density at radius 1 is 1.38 bits per heavy atom. The maximum atomic E-state index is 12.3. The van der Waals surface area contributed by atoms with E-state index in [-0.39, 0.29) is 11.6 Å². The van der Waals surface area contributed by atoms with E-state index in [0.29, 0.717) is 22.6 Å². The molecule has 1 saturated carbocycles. The van der Waals surface area contributed by atoms with Crippen LogP contribution in [0.5, 0.6) is 0 Å². The Balaban J connectivity index is 2.04. The van der Waals surface area contributed by atoms with E-state index in [1.165, 1.54) is 31.4 Å². The topological polar surface area (TPSA) is 69.6 Å². The highest BCUT2D eigenvalue weighted by atomic mass is 79.9. The van der Waals surface area contributed by atoms with Crippen LogP contribution in [0.1, 0.15) is 36.5 Å². The van der Waals surface area contributed by atoms with E-state index in [2.05, 4.69) is 21.2 Å². The number of carbonyl (C=O) groups excluding carboxylic acids is 1. The molecule has 0 radical (unpaired) electrons. The summed E-state index contributed by atoms with van der Waals surface area (Å²) in [5.74, 6) is -0.415. The fraction of sp³-hybridized carbons (Fsp3) is 0.467. The van der Waals surface area contributed by atoms with E-state index in [9.17, 15) is 9.59 Å². The van der Waals surface area contributed by atoms with Crippen LogP contribution >= 0.6 is 15.9 Å². The number of nitrogens with zero attached hydrogens (tertiary/aromatic N) is 1. The van der Waals surface area contributed by atoms with Gasteiger partial charge in [0.15, 0.2) is 0 Å². The first-order chi connectivity index (χ1) is 9.99. The summed E-state index contributed by atoms with van der Waals surface area (Å²) in [6.07, 6.45) is 3.62. The molecule has 0 atom stereocenters. The molecular weight excluding hydrogens is 336 g/mol. The first kappa shape index (κ1) is 15.8. The van der Waals surface area contributed by atoms with Crippen LogP contribution < -0.4 is 5.32 Å². The van der Waals surface area contributed by atoms with Gasteiger partial charge >= 0.3 is 12.0 Å². The van der Waals surface area contributed by atoms with Gasteiger partial charge in [-0.1, -0.05) is 22.4 Å². The first-order valence-electron chi connectivity index (χ1n) is 7.09. The normalized spacial score (nSPS) is 14.4. The predicted molar refractivity (Wildman–Crippen MR) is 84.7 cm³/mol. The van der Waals surface area contributed by atoms with Crippen molar-refractivity contribution in [3.8, 4) is 0 Å². The molecule has 0 unspecified atom stereocenters. The fourth-order valence-electron chi connectivity index (χ4n) is 2.33. The average molecular weight is 355 g/mol. The molecule has 2 rings (SSSR count). The van der Waals surface area contributed by atoms with E-state index in [1.807, 2.05) is 6.92 Å². The highest BCUT2D eigenvalue weighted by Gasteiger charge is 2.23. The summed E-state index contributed by atoms with van der Waals surface area (Å²) in [7, 11) is 0. The molecule has 1 aromatic rings. The van der Waals surface area contributed by atoms with Crippen molar-refractivity contribution in [1.82, 2.24) is 4.90 Å². The van der Waals surface area contributed by atoms with Gasteiger partial charge in [-0.05, 0) is 43.9 Å². The third-order valence-electron chi connectivity index (χ3n) is 3.77. The quantitative estimate of drug-likeness (QED) is 0.844. The second kappa shape index (κ2) is 6.93. The molecule has 0 heterocycles. The molecule has 0 aromatic heterocycles. The highest BCUT2D eigenvalue weighted by molar-refractivity contribution is 9.10. The maximum absolute atomic E-state index is 12.3. The number of hydrogen-bond acceptors (Lipinski definition) is 2. The first-order valence-corrected chi connectivity index (χ1v) is 7.88. The van der Waals surface area contributed by atoms with E-state index >= 15 is 0 Å². The Bertz CT molecular complexity index is 544. The summed E-state index contributed by atoms with van der Waals surface area (Å²) in [5, 5.41) is 11.8. The van der Waals surface area contributed by atoms with Crippen LogP contribution in [0.2, 0.25) is 0 Å². The molecule has 2 amide bonds. The van der Waals surface area contributed by atoms with Crippen molar-refractivity contribution in [1.29, 1.82) is 0 Å². The monoisotopic (exact) mass is 354 g/mol. The van der Waals surface area contributed by atoms with Gasteiger partial charge in [0.1, 0.15) is 0 Å². The number of rotatable bonds is 5. The highest BCUT2D eigenvalue weighted by Crippen LogP contribution is 2.27. The number of carbonyl (C=O) groups is 2. The van der Waals surface area contributed by atoms with Crippen molar-refractivity contribution >= 4 is 33.6 Å². The summed E-state index contributed by atoms with van der Waals surface area (Å²) in [6.45, 7) is 3.35. The van der Waals surface area contributed by atoms with Crippen LogP contribution in [-0.2, 0) is 0 Å². The Morgan fingerprint density at radius 3 is 2.62 bits per heavy atom. The van der Waals surface area contributed by atoms with Gasteiger partial charge in [0, 0.05) is 23.2 Å². The lowest BCUT2D eigenvalue weighted by Crippen LogP contribution is -2.39. The SMILES string of the molecule is CCN(CC1CCC1)C(=O)Nc1cc(Br)cc(C(=O)O)c1. The van der Waals surface area contributed by atoms with Gasteiger partial charge in [-0.2, -0.15) is 0 Å². The number of anilines is 1. The Kier molecular flexibility index (Phi) is 5.22. The number of amides is 2. The number of hydrogen-bond donors (Lipinski definition) is 2. The van der Waals surface area contributed by atoms with Crippen molar-refractivity contribution in [2.45, 2.75) is 26.2 Å². The smallest absolute Gasteiger partial charge is 0.335 e. The second-order valence-corrected chi connectivity index (χ2v) is 6.22. The lowest BCUT2D eigenvalue weighted by molar-refractivity contribution is 0.0696. The van der Waals surface area contributed by atoms with Crippen molar-refractivity contribution in [3.05, 3.63) is 28.2 Å². The largest absolute Gasteiger partial charge is 0.478 e. The summed E-state index contributed by atoms with van der Waals surface area (Å²) >= 11 is 3.26. The minimum atomic E-state index is -1.02. The third kappa shape index (κ3) is 4.20.